The Morgan fingerprint density at radius 3 is 2.76 bits per heavy atom. The van der Waals surface area contributed by atoms with E-state index in [4.69, 9.17) is 14.2 Å². The van der Waals surface area contributed by atoms with Crippen LogP contribution in [0.2, 0.25) is 0 Å². The summed E-state index contributed by atoms with van der Waals surface area (Å²) in [5, 5.41) is 0. The molecule has 4 aliphatic rings. The molecule has 4 atom stereocenters. The second-order valence-corrected chi connectivity index (χ2v) is 8.72. The molecule has 0 aromatic heterocycles. The second-order valence-electron chi connectivity index (χ2n) is 8.72. The summed E-state index contributed by atoms with van der Waals surface area (Å²) in [6.07, 6.45) is 5.71. The lowest BCUT2D eigenvalue weighted by molar-refractivity contribution is -0.145. The molecule has 140 valence electrons. The molecule has 0 amide bonds. The van der Waals surface area contributed by atoms with E-state index in [9.17, 15) is 4.79 Å². The molecule has 5 heteroatoms. The van der Waals surface area contributed by atoms with Gasteiger partial charge in [0.15, 0.2) is 6.29 Å². The van der Waals surface area contributed by atoms with Gasteiger partial charge in [-0.3, -0.25) is 4.79 Å². The fourth-order valence-electron chi connectivity index (χ4n) is 5.50. The van der Waals surface area contributed by atoms with E-state index < -0.39 is 0 Å². The van der Waals surface area contributed by atoms with Gasteiger partial charge in [-0.1, -0.05) is 18.1 Å². The molecule has 2 aliphatic carbocycles. The van der Waals surface area contributed by atoms with Gasteiger partial charge in [0.2, 0.25) is 0 Å². The van der Waals surface area contributed by atoms with Crippen molar-refractivity contribution in [2.45, 2.75) is 58.3 Å². The average Bonchev–Trinajstić information content (AvgIpc) is 3.14. The Balaban J connectivity index is 1.46. The number of esters is 1. The van der Waals surface area contributed by atoms with Crippen molar-refractivity contribution in [3.05, 3.63) is 11.1 Å². The van der Waals surface area contributed by atoms with Crippen LogP contribution in [-0.4, -0.2) is 56.6 Å². The third-order valence-corrected chi connectivity index (χ3v) is 6.84. The number of ether oxygens (including phenoxy) is 3. The fourth-order valence-corrected chi connectivity index (χ4v) is 5.50. The van der Waals surface area contributed by atoms with Crippen LogP contribution in [0, 0.1) is 17.3 Å². The molecule has 0 unspecified atom stereocenters. The third kappa shape index (κ3) is 3.26. The minimum Gasteiger partial charge on any atom is -0.462 e. The number of fused-ring (bicyclic) bond motifs is 2. The van der Waals surface area contributed by atoms with Crippen molar-refractivity contribution >= 4 is 5.97 Å². The lowest BCUT2D eigenvalue weighted by Gasteiger charge is -2.45. The van der Waals surface area contributed by atoms with Crippen molar-refractivity contribution in [3.63, 3.8) is 0 Å². The number of hydrogen-bond donors (Lipinski definition) is 0. The molecule has 2 aliphatic heterocycles. The largest absolute Gasteiger partial charge is 0.462 e. The Bertz CT molecular complexity index is 568. The van der Waals surface area contributed by atoms with Gasteiger partial charge in [0, 0.05) is 19.0 Å². The van der Waals surface area contributed by atoms with Crippen LogP contribution in [0.4, 0.5) is 0 Å². The Kier molecular flexibility index (Phi) is 4.67. The highest BCUT2D eigenvalue weighted by molar-refractivity contribution is 5.76. The molecule has 2 saturated heterocycles. The van der Waals surface area contributed by atoms with Crippen LogP contribution in [0.3, 0.4) is 0 Å². The lowest BCUT2D eigenvalue weighted by atomic mass is 9.59. The number of carbonyl (C=O) groups excluding carboxylic acids is 1. The first-order valence-electron chi connectivity index (χ1n) is 9.77. The van der Waals surface area contributed by atoms with E-state index in [0.29, 0.717) is 25.7 Å². The predicted octanol–water partition coefficient (Wildman–Crippen LogP) is 2.75. The molecule has 0 aromatic rings. The summed E-state index contributed by atoms with van der Waals surface area (Å²) in [7, 11) is 2.05. The van der Waals surface area contributed by atoms with Crippen LogP contribution in [0.1, 0.15) is 46.0 Å². The molecule has 0 spiro atoms. The van der Waals surface area contributed by atoms with Gasteiger partial charge in [-0.15, -0.1) is 0 Å². The first-order chi connectivity index (χ1) is 12.0. The van der Waals surface area contributed by atoms with Gasteiger partial charge in [-0.2, -0.15) is 0 Å². The van der Waals surface area contributed by atoms with Gasteiger partial charge in [-0.05, 0) is 51.5 Å². The Labute approximate surface area is 150 Å². The summed E-state index contributed by atoms with van der Waals surface area (Å²) in [5.41, 5.74) is 3.43. The van der Waals surface area contributed by atoms with Crippen LogP contribution in [0.25, 0.3) is 0 Å². The smallest absolute Gasteiger partial charge is 0.310 e. The van der Waals surface area contributed by atoms with Crippen molar-refractivity contribution in [1.29, 1.82) is 0 Å². The molecule has 0 bridgehead atoms. The topological polar surface area (TPSA) is 48.0 Å². The zero-order valence-corrected chi connectivity index (χ0v) is 15.8. The number of likely N-dealkylation sites (N-methyl/N-ethyl adjacent to an activating group) is 1. The summed E-state index contributed by atoms with van der Waals surface area (Å²) in [4.78, 5) is 14.7. The molecular weight excluding hydrogens is 318 g/mol. The maximum atomic E-state index is 12.6. The van der Waals surface area contributed by atoms with Crippen LogP contribution in [-0.2, 0) is 19.0 Å². The second kappa shape index (κ2) is 6.67. The van der Waals surface area contributed by atoms with E-state index in [-0.39, 0.29) is 29.7 Å². The zero-order valence-electron chi connectivity index (χ0n) is 15.8. The van der Waals surface area contributed by atoms with Crippen LogP contribution in [0.5, 0.6) is 0 Å². The van der Waals surface area contributed by atoms with Crippen LogP contribution < -0.4 is 0 Å². The normalized spacial score (nSPS) is 38.9. The highest BCUT2D eigenvalue weighted by atomic mass is 16.7. The number of nitrogens with zero attached hydrogens (tertiary/aromatic N) is 1. The molecule has 0 N–H and O–H groups in total. The highest BCUT2D eigenvalue weighted by Crippen LogP contribution is 2.55. The summed E-state index contributed by atoms with van der Waals surface area (Å²) in [6, 6.07) is 0. The molecule has 1 saturated carbocycles. The van der Waals surface area contributed by atoms with Crippen LogP contribution in [0.15, 0.2) is 11.1 Å². The number of hydrogen-bond acceptors (Lipinski definition) is 5. The van der Waals surface area contributed by atoms with Crippen molar-refractivity contribution in [2.24, 2.45) is 17.3 Å². The van der Waals surface area contributed by atoms with Crippen molar-refractivity contribution < 1.29 is 19.0 Å². The molecule has 4 rings (SSSR count). The first kappa shape index (κ1) is 17.5. The lowest BCUT2D eigenvalue weighted by Crippen LogP contribution is -2.42. The summed E-state index contributed by atoms with van der Waals surface area (Å²) in [5.74, 6) is 0.301. The Morgan fingerprint density at radius 2 is 2.00 bits per heavy atom. The van der Waals surface area contributed by atoms with Crippen molar-refractivity contribution in [2.75, 3.05) is 33.4 Å². The number of allylic oxidation sites excluding steroid dienone is 2. The van der Waals surface area contributed by atoms with Crippen molar-refractivity contribution in [1.82, 2.24) is 4.90 Å². The van der Waals surface area contributed by atoms with E-state index in [1.807, 2.05) is 7.05 Å². The van der Waals surface area contributed by atoms with Gasteiger partial charge >= 0.3 is 5.97 Å². The Hall–Kier alpha value is -0.910. The van der Waals surface area contributed by atoms with E-state index in [1.165, 1.54) is 19.3 Å². The fraction of sp³-hybridized carbons (Fsp3) is 0.850. The van der Waals surface area contributed by atoms with E-state index >= 15 is 0 Å². The standard InChI is InChI=1S/C20H31NO4/c1-13-5-4-6-20(2)10-17-14(9-16(13)20)15(19(22)25-17)11-21(3)12-18-23-7-8-24-18/h14-15,17-18H,4-12H2,1-3H3/t14-,15+,17-,20+/m1/s1. The van der Waals surface area contributed by atoms with Gasteiger partial charge in [-0.25, -0.2) is 0 Å². The van der Waals surface area contributed by atoms with Gasteiger partial charge in [0.05, 0.1) is 19.1 Å². The van der Waals surface area contributed by atoms with Crippen LogP contribution >= 0.6 is 0 Å². The first-order valence-corrected chi connectivity index (χ1v) is 9.77. The third-order valence-electron chi connectivity index (χ3n) is 6.84. The summed E-state index contributed by atoms with van der Waals surface area (Å²) >= 11 is 0. The number of rotatable bonds is 4. The molecule has 0 radical (unpaired) electrons. The van der Waals surface area contributed by atoms with Gasteiger partial charge in [0.1, 0.15) is 6.10 Å². The Morgan fingerprint density at radius 1 is 1.24 bits per heavy atom. The zero-order chi connectivity index (χ0) is 17.6. The molecule has 0 aromatic carbocycles. The molecule has 3 fully saturated rings. The molecule has 2 heterocycles. The highest BCUT2D eigenvalue weighted by Gasteiger charge is 2.53. The molecular formula is C20H31NO4. The minimum atomic E-state index is -0.156. The monoisotopic (exact) mass is 349 g/mol. The van der Waals surface area contributed by atoms with Gasteiger partial charge < -0.3 is 19.1 Å². The van der Waals surface area contributed by atoms with E-state index in [2.05, 4.69) is 18.7 Å². The SMILES string of the molecule is CC1=C2C[C@@H]3[C@H](CN(C)CC4OCCO4)C(=O)O[C@@H]3C[C@]2(C)CCC1. The summed E-state index contributed by atoms with van der Waals surface area (Å²) in [6.45, 7) is 7.44. The van der Waals surface area contributed by atoms with E-state index in [0.717, 1.165) is 19.4 Å². The summed E-state index contributed by atoms with van der Waals surface area (Å²) < 4.78 is 16.9. The average molecular weight is 349 g/mol. The predicted molar refractivity (Wildman–Crippen MR) is 93.9 cm³/mol. The molecule has 5 nitrogen and oxygen atoms in total. The van der Waals surface area contributed by atoms with Gasteiger partial charge in [0.25, 0.3) is 0 Å². The molecule has 25 heavy (non-hydrogen) atoms. The van der Waals surface area contributed by atoms with Crippen molar-refractivity contribution in [3.8, 4) is 0 Å². The maximum absolute atomic E-state index is 12.6. The maximum Gasteiger partial charge on any atom is 0.310 e. The number of carbonyl (C=O) groups is 1. The van der Waals surface area contributed by atoms with E-state index in [1.54, 1.807) is 11.1 Å². The quantitative estimate of drug-likeness (QED) is 0.577. The minimum absolute atomic E-state index is 0.00407.